The van der Waals surface area contributed by atoms with Gasteiger partial charge in [0, 0.05) is 24.0 Å². The van der Waals surface area contributed by atoms with Crippen molar-refractivity contribution in [1.29, 1.82) is 0 Å². The average Bonchev–Trinajstić information content (AvgIpc) is 2.39. The highest BCUT2D eigenvalue weighted by Crippen LogP contribution is 2.33. The molecule has 2 aliphatic rings. The molecule has 1 atom stereocenters. The SMILES string of the molecule is CCC1CCC(C(=O)C2CSCCN2C)CC1. The average molecular weight is 255 g/mol. The molecule has 98 valence electrons. The Labute approximate surface area is 110 Å². The van der Waals surface area contributed by atoms with Crippen LogP contribution in [0.5, 0.6) is 0 Å². The lowest BCUT2D eigenvalue weighted by molar-refractivity contribution is -0.128. The van der Waals surface area contributed by atoms with Gasteiger partial charge < -0.3 is 0 Å². The topological polar surface area (TPSA) is 20.3 Å². The van der Waals surface area contributed by atoms with Gasteiger partial charge in [0.1, 0.15) is 0 Å². The van der Waals surface area contributed by atoms with Crippen LogP contribution in [0.3, 0.4) is 0 Å². The largest absolute Gasteiger partial charge is 0.298 e. The minimum atomic E-state index is 0.205. The van der Waals surface area contributed by atoms with Crippen LogP contribution >= 0.6 is 11.8 Å². The fourth-order valence-electron chi connectivity index (χ4n) is 3.11. The fourth-order valence-corrected chi connectivity index (χ4v) is 4.34. The van der Waals surface area contributed by atoms with E-state index in [0.29, 0.717) is 11.7 Å². The molecule has 0 radical (unpaired) electrons. The monoisotopic (exact) mass is 255 g/mol. The predicted molar refractivity (Wildman–Crippen MR) is 74.5 cm³/mol. The van der Waals surface area contributed by atoms with E-state index >= 15 is 0 Å². The summed E-state index contributed by atoms with van der Waals surface area (Å²) in [5.74, 6) is 3.99. The molecule has 17 heavy (non-hydrogen) atoms. The molecular weight excluding hydrogens is 230 g/mol. The van der Waals surface area contributed by atoms with Crippen LogP contribution < -0.4 is 0 Å². The lowest BCUT2D eigenvalue weighted by atomic mass is 9.77. The molecule has 3 heteroatoms. The molecule has 0 N–H and O–H groups in total. The lowest BCUT2D eigenvalue weighted by Gasteiger charge is -2.35. The van der Waals surface area contributed by atoms with E-state index in [0.717, 1.165) is 31.1 Å². The summed E-state index contributed by atoms with van der Waals surface area (Å²) in [6.45, 7) is 3.35. The van der Waals surface area contributed by atoms with Crippen molar-refractivity contribution < 1.29 is 4.79 Å². The first-order valence-corrected chi connectivity index (χ1v) is 8.19. The molecule has 1 unspecified atom stereocenters. The van der Waals surface area contributed by atoms with Crippen molar-refractivity contribution in [3.63, 3.8) is 0 Å². The standard InChI is InChI=1S/C14H25NOS/c1-3-11-4-6-12(7-5-11)14(16)13-10-17-9-8-15(13)2/h11-13H,3-10H2,1-2H3. The maximum atomic E-state index is 12.5. The Hall–Kier alpha value is -0.0200. The van der Waals surface area contributed by atoms with E-state index in [2.05, 4.69) is 18.9 Å². The summed E-state index contributed by atoms with van der Waals surface area (Å²) >= 11 is 1.94. The van der Waals surface area contributed by atoms with Crippen LogP contribution in [0.2, 0.25) is 0 Å². The highest BCUT2D eigenvalue weighted by Gasteiger charge is 2.33. The summed E-state index contributed by atoms with van der Waals surface area (Å²) in [6.07, 6.45) is 6.13. The minimum Gasteiger partial charge on any atom is -0.298 e. The van der Waals surface area contributed by atoms with Crippen molar-refractivity contribution in [3.8, 4) is 0 Å². The Kier molecular flexibility index (Phi) is 4.92. The van der Waals surface area contributed by atoms with Gasteiger partial charge in [0.25, 0.3) is 0 Å². The molecule has 1 saturated carbocycles. The first kappa shape index (κ1) is 13.4. The summed E-state index contributed by atoms with van der Waals surface area (Å²) < 4.78 is 0. The van der Waals surface area contributed by atoms with Crippen LogP contribution in [0.25, 0.3) is 0 Å². The molecule has 0 aromatic carbocycles. The molecule has 1 aliphatic carbocycles. The molecule has 0 spiro atoms. The molecule has 0 amide bonds. The van der Waals surface area contributed by atoms with Gasteiger partial charge in [-0.1, -0.05) is 13.3 Å². The van der Waals surface area contributed by atoms with Gasteiger partial charge in [-0.3, -0.25) is 9.69 Å². The number of ketones is 1. The van der Waals surface area contributed by atoms with E-state index in [-0.39, 0.29) is 6.04 Å². The minimum absolute atomic E-state index is 0.205. The summed E-state index contributed by atoms with van der Waals surface area (Å²) in [5.41, 5.74) is 0. The quantitative estimate of drug-likeness (QED) is 0.773. The van der Waals surface area contributed by atoms with Crippen molar-refractivity contribution >= 4 is 17.5 Å². The number of hydrogen-bond donors (Lipinski definition) is 0. The highest BCUT2D eigenvalue weighted by molar-refractivity contribution is 7.99. The van der Waals surface area contributed by atoms with E-state index in [1.807, 2.05) is 11.8 Å². The molecule has 0 aromatic rings. The maximum Gasteiger partial charge on any atom is 0.153 e. The Bertz CT molecular complexity index is 261. The third kappa shape index (κ3) is 3.25. The van der Waals surface area contributed by atoms with Gasteiger partial charge >= 0.3 is 0 Å². The van der Waals surface area contributed by atoms with E-state index in [4.69, 9.17) is 0 Å². The second kappa shape index (κ2) is 6.24. The molecule has 2 fully saturated rings. The number of nitrogens with zero attached hydrogens (tertiary/aromatic N) is 1. The van der Waals surface area contributed by atoms with E-state index in [9.17, 15) is 4.79 Å². The zero-order valence-corrected chi connectivity index (χ0v) is 12.0. The predicted octanol–water partition coefficient (Wildman–Crippen LogP) is 2.82. The van der Waals surface area contributed by atoms with Gasteiger partial charge in [0.05, 0.1) is 6.04 Å². The number of thioether (sulfide) groups is 1. The third-order valence-corrected chi connectivity index (χ3v) is 5.57. The third-order valence-electron chi connectivity index (χ3n) is 4.55. The van der Waals surface area contributed by atoms with Gasteiger partial charge in [-0.2, -0.15) is 11.8 Å². The molecule has 1 heterocycles. The summed E-state index contributed by atoms with van der Waals surface area (Å²) in [4.78, 5) is 14.8. The second-order valence-corrected chi connectivity index (χ2v) is 6.75. The number of hydrogen-bond acceptors (Lipinski definition) is 3. The number of carbonyl (C=O) groups excluding carboxylic acids is 1. The Morgan fingerprint density at radius 2 is 2.00 bits per heavy atom. The van der Waals surface area contributed by atoms with Crippen LogP contribution in [-0.2, 0) is 4.79 Å². The highest BCUT2D eigenvalue weighted by atomic mass is 32.2. The molecular formula is C14H25NOS. The number of rotatable bonds is 3. The summed E-state index contributed by atoms with van der Waals surface area (Å²) in [7, 11) is 2.11. The van der Waals surface area contributed by atoms with Crippen LogP contribution in [0.15, 0.2) is 0 Å². The van der Waals surface area contributed by atoms with E-state index in [1.54, 1.807) is 0 Å². The van der Waals surface area contributed by atoms with E-state index < -0.39 is 0 Å². The molecule has 1 saturated heterocycles. The van der Waals surface area contributed by atoms with Crippen molar-refractivity contribution in [1.82, 2.24) is 4.90 Å². The van der Waals surface area contributed by atoms with Gasteiger partial charge in [-0.05, 0) is 38.6 Å². The maximum absolute atomic E-state index is 12.5. The van der Waals surface area contributed by atoms with Crippen LogP contribution in [0.4, 0.5) is 0 Å². The van der Waals surface area contributed by atoms with Crippen molar-refractivity contribution in [2.75, 3.05) is 25.1 Å². The number of carbonyl (C=O) groups is 1. The Morgan fingerprint density at radius 1 is 1.29 bits per heavy atom. The van der Waals surface area contributed by atoms with Gasteiger partial charge in [-0.25, -0.2) is 0 Å². The molecule has 0 aromatic heterocycles. The first-order chi connectivity index (χ1) is 8.22. The zero-order valence-electron chi connectivity index (χ0n) is 11.2. The smallest absolute Gasteiger partial charge is 0.153 e. The molecule has 0 bridgehead atoms. The molecule has 1 aliphatic heterocycles. The summed E-state index contributed by atoms with van der Waals surface area (Å²) in [5, 5.41) is 0. The number of likely N-dealkylation sites (N-methyl/N-ethyl adjacent to an activating group) is 1. The van der Waals surface area contributed by atoms with Gasteiger partial charge in [0.2, 0.25) is 0 Å². The van der Waals surface area contributed by atoms with Crippen LogP contribution in [-0.4, -0.2) is 41.8 Å². The molecule has 2 rings (SSSR count). The molecule has 2 nitrogen and oxygen atoms in total. The summed E-state index contributed by atoms with van der Waals surface area (Å²) in [6, 6.07) is 0.205. The zero-order chi connectivity index (χ0) is 12.3. The Morgan fingerprint density at radius 3 is 2.59 bits per heavy atom. The van der Waals surface area contributed by atoms with Crippen LogP contribution in [0.1, 0.15) is 39.0 Å². The van der Waals surface area contributed by atoms with Gasteiger partial charge in [0.15, 0.2) is 5.78 Å². The van der Waals surface area contributed by atoms with Crippen molar-refractivity contribution in [2.24, 2.45) is 11.8 Å². The lowest BCUT2D eigenvalue weighted by Crippen LogP contribution is -2.47. The first-order valence-electron chi connectivity index (χ1n) is 7.04. The van der Waals surface area contributed by atoms with Crippen molar-refractivity contribution in [2.45, 2.75) is 45.1 Å². The van der Waals surface area contributed by atoms with Crippen LogP contribution in [0, 0.1) is 11.8 Å². The fraction of sp³-hybridized carbons (Fsp3) is 0.929. The normalized spacial score (nSPS) is 35.8. The second-order valence-electron chi connectivity index (χ2n) is 5.60. The van der Waals surface area contributed by atoms with E-state index in [1.165, 1.54) is 25.0 Å². The Balaban J connectivity index is 1.87. The number of Topliss-reactive ketones (excluding diaryl/α,β-unsaturated/α-hetero) is 1. The van der Waals surface area contributed by atoms with Crippen molar-refractivity contribution in [3.05, 3.63) is 0 Å². The van der Waals surface area contributed by atoms with Gasteiger partial charge in [-0.15, -0.1) is 0 Å².